The predicted molar refractivity (Wildman–Crippen MR) is 71.5 cm³/mol. The molecular weight excluding hydrogens is 289 g/mol. The van der Waals surface area contributed by atoms with Crippen molar-refractivity contribution in [3.05, 3.63) is 47.7 Å². The van der Waals surface area contributed by atoms with Crippen LogP contribution in [0.2, 0.25) is 0 Å². The fourth-order valence-corrected chi connectivity index (χ4v) is 2.16. The summed E-state index contributed by atoms with van der Waals surface area (Å²) in [4.78, 5) is 1.40. The highest BCUT2D eigenvalue weighted by Gasteiger charge is 2.40. The van der Waals surface area contributed by atoms with Crippen LogP contribution in [0, 0.1) is 17.6 Å². The van der Waals surface area contributed by atoms with E-state index >= 15 is 0 Å². The topological polar surface area (TPSA) is 3.24 Å². The Balaban J connectivity index is 3.06. The van der Waals surface area contributed by atoms with Gasteiger partial charge in [-0.2, -0.15) is 13.2 Å². The van der Waals surface area contributed by atoms with E-state index in [-0.39, 0.29) is 17.8 Å². The Morgan fingerprint density at radius 3 is 2.00 bits per heavy atom. The molecule has 1 aromatic carbocycles. The lowest BCUT2D eigenvalue weighted by atomic mass is 10.0. The summed E-state index contributed by atoms with van der Waals surface area (Å²) in [7, 11) is 0. The molecule has 0 fully saturated rings. The number of hydrogen-bond acceptors (Lipinski definition) is 1. The molecule has 1 rings (SSSR count). The monoisotopic (exact) mass is 307 g/mol. The van der Waals surface area contributed by atoms with Crippen molar-refractivity contribution in [1.82, 2.24) is 4.90 Å². The lowest BCUT2D eigenvalue weighted by Crippen LogP contribution is -2.34. The molecule has 0 saturated heterocycles. The average Bonchev–Trinajstić information content (AvgIpc) is 2.36. The first-order valence-electron chi connectivity index (χ1n) is 6.56. The summed E-state index contributed by atoms with van der Waals surface area (Å²) in [5, 5.41) is 0. The molecule has 1 unspecified atom stereocenters. The van der Waals surface area contributed by atoms with Crippen LogP contribution in [-0.4, -0.2) is 17.6 Å². The van der Waals surface area contributed by atoms with Crippen molar-refractivity contribution in [1.29, 1.82) is 0 Å². The molecule has 0 spiro atoms. The number of benzene rings is 1. The first-order chi connectivity index (χ1) is 9.57. The third-order valence-electron chi connectivity index (χ3n) is 3.54. The molecule has 6 heteroatoms. The summed E-state index contributed by atoms with van der Waals surface area (Å²) in [6.07, 6.45) is -4.41. The minimum absolute atomic E-state index is 0.123. The Labute approximate surface area is 121 Å². The molecule has 0 saturated carbocycles. The third kappa shape index (κ3) is 4.19. The second kappa shape index (κ2) is 6.45. The number of alkyl halides is 3. The molecule has 0 heterocycles. The van der Waals surface area contributed by atoms with Crippen molar-refractivity contribution in [2.45, 2.75) is 33.0 Å². The predicted octanol–water partition coefficient (Wildman–Crippen LogP) is 5.06. The normalized spacial score (nSPS) is 14.7. The summed E-state index contributed by atoms with van der Waals surface area (Å²) in [5.74, 6) is -3.25. The Morgan fingerprint density at radius 2 is 1.62 bits per heavy atom. The van der Waals surface area contributed by atoms with E-state index in [1.54, 1.807) is 13.8 Å². The summed E-state index contributed by atoms with van der Waals surface area (Å²) >= 11 is 0. The maximum Gasteiger partial charge on any atom is 0.396 e. The van der Waals surface area contributed by atoms with E-state index in [1.165, 1.54) is 4.90 Å². The maximum atomic E-state index is 13.2. The van der Waals surface area contributed by atoms with E-state index in [0.717, 1.165) is 25.1 Å². The zero-order chi connectivity index (χ0) is 16.4. The Bertz CT molecular complexity index is 489. The highest BCUT2D eigenvalue weighted by molar-refractivity contribution is 5.22. The van der Waals surface area contributed by atoms with Crippen LogP contribution in [0.5, 0.6) is 0 Å². The highest BCUT2D eigenvalue weighted by atomic mass is 19.4. The number of halogens is 5. The van der Waals surface area contributed by atoms with Gasteiger partial charge in [0, 0.05) is 18.3 Å². The molecule has 2 atom stereocenters. The summed E-state index contributed by atoms with van der Waals surface area (Å²) in [6, 6.07) is 2.33. The quantitative estimate of drug-likeness (QED) is 0.687. The van der Waals surface area contributed by atoms with Crippen molar-refractivity contribution < 1.29 is 22.0 Å². The van der Waals surface area contributed by atoms with Gasteiger partial charge in [-0.25, -0.2) is 8.78 Å². The Morgan fingerprint density at radius 1 is 1.14 bits per heavy atom. The third-order valence-corrected chi connectivity index (χ3v) is 3.54. The van der Waals surface area contributed by atoms with Crippen LogP contribution in [0.25, 0.3) is 0 Å². The van der Waals surface area contributed by atoms with Crippen LogP contribution in [0.3, 0.4) is 0 Å². The molecule has 0 amide bonds. The Hall–Kier alpha value is -1.59. The SMILES string of the molecule is C=C(C(C)C(F)(F)F)N(CC)[C@H](C)c1cc(F)cc(F)c1. The van der Waals surface area contributed by atoms with Crippen molar-refractivity contribution in [2.75, 3.05) is 6.54 Å². The van der Waals surface area contributed by atoms with Crippen molar-refractivity contribution in [3.8, 4) is 0 Å². The number of allylic oxidation sites excluding steroid dienone is 1. The molecule has 0 aliphatic rings. The average molecular weight is 307 g/mol. The fourth-order valence-electron chi connectivity index (χ4n) is 2.16. The van der Waals surface area contributed by atoms with E-state index in [0.29, 0.717) is 0 Å². The second-order valence-electron chi connectivity index (χ2n) is 4.92. The molecule has 21 heavy (non-hydrogen) atoms. The summed E-state index contributed by atoms with van der Waals surface area (Å²) in [6.45, 7) is 8.02. The van der Waals surface area contributed by atoms with Gasteiger partial charge in [0.05, 0.1) is 12.0 Å². The standard InChI is InChI=1S/C15H18F5N/c1-5-21(10(3)9(2)15(18,19)20)11(4)12-6-13(16)8-14(17)7-12/h6-9,11H,3,5H2,1-2,4H3/t9?,11-/m1/s1. The van der Waals surface area contributed by atoms with Crippen LogP contribution in [-0.2, 0) is 0 Å². The van der Waals surface area contributed by atoms with Gasteiger partial charge in [0.15, 0.2) is 0 Å². The first kappa shape index (κ1) is 17.5. The van der Waals surface area contributed by atoms with Gasteiger partial charge in [0.25, 0.3) is 0 Å². The summed E-state index contributed by atoms with van der Waals surface area (Å²) < 4.78 is 64.8. The number of rotatable bonds is 5. The second-order valence-corrected chi connectivity index (χ2v) is 4.92. The van der Waals surface area contributed by atoms with Crippen LogP contribution in [0.15, 0.2) is 30.5 Å². The van der Waals surface area contributed by atoms with E-state index in [2.05, 4.69) is 6.58 Å². The molecular formula is C15H18F5N. The minimum atomic E-state index is -4.41. The van der Waals surface area contributed by atoms with Gasteiger partial charge in [0.2, 0.25) is 0 Å². The molecule has 0 aliphatic heterocycles. The van der Waals surface area contributed by atoms with Gasteiger partial charge in [-0.3, -0.25) is 0 Å². The molecule has 118 valence electrons. The van der Waals surface area contributed by atoms with Crippen molar-refractivity contribution in [2.24, 2.45) is 5.92 Å². The van der Waals surface area contributed by atoms with Gasteiger partial charge in [-0.05, 0) is 38.5 Å². The van der Waals surface area contributed by atoms with Crippen LogP contribution < -0.4 is 0 Å². The molecule has 0 aromatic heterocycles. The van der Waals surface area contributed by atoms with E-state index in [4.69, 9.17) is 0 Å². The zero-order valence-electron chi connectivity index (χ0n) is 12.1. The van der Waals surface area contributed by atoms with Gasteiger partial charge in [0.1, 0.15) is 11.6 Å². The van der Waals surface area contributed by atoms with Crippen LogP contribution in [0.1, 0.15) is 32.4 Å². The van der Waals surface area contributed by atoms with Crippen molar-refractivity contribution >= 4 is 0 Å². The van der Waals surface area contributed by atoms with E-state index < -0.39 is 29.8 Å². The van der Waals surface area contributed by atoms with Crippen LogP contribution in [0.4, 0.5) is 22.0 Å². The van der Waals surface area contributed by atoms with E-state index in [1.807, 2.05) is 0 Å². The lowest BCUT2D eigenvalue weighted by Gasteiger charge is -2.35. The molecule has 0 N–H and O–H groups in total. The highest BCUT2D eigenvalue weighted by Crippen LogP contribution is 2.35. The van der Waals surface area contributed by atoms with Crippen LogP contribution >= 0.6 is 0 Å². The molecule has 0 aliphatic carbocycles. The largest absolute Gasteiger partial charge is 0.396 e. The van der Waals surface area contributed by atoms with Crippen molar-refractivity contribution in [3.63, 3.8) is 0 Å². The molecule has 1 nitrogen and oxygen atoms in total. The van der Waals surface area contributed by atoms with Gasteiger partial charge in [-0.1, -0.05) is 6.58 Å². The minimum Gasteiger partial charge on any atom is -0.368 e. The maximum absolute atomic E-state index is 13.2. The van der Waals surface area contributed by atoms with Gasteiger partial charge < -0.3 is 4.90 Å². The number of hydrogen-bond donors (Lipinski definition) is 0. The number of nitrogens with zero attached hydrogens (tertiary/aromatic N) is 1. The molecule has 0 bridgehead atoms. The summed E-state index contributed by atoms with van der Waals surface area (Å²) in [5.41, 5.74) is 0.145. The zero-order valence-corrected chi connectivity index (χ0v) is 12.1. The molecule has 1 aromatic rings. The van der Waals surface area contributed by atoms with Gasteiger partial charge in [-0.15, -0.1) is 0 Å². The lowest BCUT2D eigenvalue weighted by molar-refractivity contribution is -0.164. The van der Waals surface area contributed by atoms with E-state index in [9.17, 15) is 22.0 Å². The smallest absolute Gasteiger partial charge is 0.368 e. The Kier molecular flexibility index (Phi) is 5.36. The fraction of sp³-hybridized carbons (Fsp3) is 0.467. The van der Waals surface area contributed by atoms with Gasteiger partial charge >= 0.3 is 6.18 Å². The molecule has 0 radical (unpaired) electrons. The first-order valence-corrected chi connectivity index (χ1v) is 6.56.